The number of aliphatic carboxylic acids is 1. The summed E-state index contributed by atoms with van der Waals surface area (Å²) in [7, 11) is 0. The number of Topliss-reactive ketones (excluding diaryl/α,β-unsaturated/α-hetero) is 1. The third kappa shape index (κ3) is 3.11. The Morgan fingerprint density at radius 2 is 1.82 bits per heavy atom. The zero-order valence-electron chi connectivity index (χ0n) is 17.0. The van der Waals surface area contributed by atoms with Gasteiger partial charge in [0.25, 0.3) is 0 Å². The standard InChI is InChI=1S/C23H32O5/c1-22-11-9-15(28-21(27)8-7-20(25)26)13-14(22)3-4-16-17-5-6-19(24)23(17,2)12-10-18(16)22/h3,15-18H,4-13H2,1-2H3,(H,25,26). The first-order valence-corrected chi connectivity index (χ1v) is 10.9. The Morgan fingerprint density at radius 1 is 1.11 bits per heavy atom. The minimum Gasteiger partial charge on any atom is -0.481 e. The van der Waals surface area contributed by atoms with Crippen molar-refractivity contribution < 1.29 is 24.2 Å². The van der Waals surface area contributed by atoms with Crippen molar-refractivity contribution in [3.63, 3.8) is 0 Å². The predicted molar refractivity (Wildman–Crippen MR) is 103 cm³/mol. The van der Waals surface area contributed by atoms with Crippen molar-refractivity contribution in [3.8, 4) is 0 Å². The molecule has 0 aliphatic heterocycles. The Morgan fingerprint density at radius 3 is 2.57 bits per heavy atom. The van der Waals surface area contributed by atoms with Crippen LogP contribution in [0.15, 0.2) is 11.6 Å². The second-order valence-corrected chi connectivity index (χ2v) is 9.93. The van der Waals surface area contributed by atoms with Gasteiger partial charge in [-0.25, -0.2) is 0 Å². The molecule has 0 aromatic carbocycles. The number of hydrogen-bond acceptors (Lipinski definition) is 4. The number of carboxylic acids is 1. The molecule has 0 radical (unpaired) electrons. The third-order valence-corrected chi connectivity index (χ3v) is 8.61. The van der Waals surface area contributed by atoms with Crippen LogP contribution in [0.25, 0.3) is 0 Å². The van der Waals surface area contributed by atoms with E-state index in [4.69, 9.17) is 9.84 Å². The quantitative estimate of drug-likeness (QED) is 0.574. The van der Waals surface area contributed by atoms with Gasteiger partial charge in [0, 0.05) is 18.3 Å². The van der Waals surface area contributed by atoms with Crippen LogP contribution in [0.5, 0.6) is 0 Å². The van der Waals surface area contributed by atoms with Crippen molar-refractivity contribution in [1.29, 1.82) is 0 Å². The van der Waals surface area contributed by atoms with E-state index >= 15 is 0 Å². The maximum Gasteiger partial charge on any atom is 0.306 e. The fourth-order valence-corrected chi connectivity index (χ4v) is 6.95. The van der Waals surface area contributed by atoms with Crippen molar-refractivity contribution in [2.75, 3.05) is 0 Å². The molecule has 0 spiro atoms. The molecule has 0 aromatic rings. The molecule has 0 amide bonds. The monoisotopic (exact) mass is 388 g/mol. The van der Waals surface area contributed by atoms with Crippen molar-refractivity contribution in [1.82, 2.24) is 0 Å². The number of carbonyl (C=O) groups excluding carboxylic acids is 2. The van der Waals surface area contributed by atoms with E-state index in [-0.39, 0.29) is 29.8 Å². The molecule has 1 N–H and O–H groups in total. The highest BCUT2D eigenvalue weighted by molar-refractivity contribution is 5.87. The number of rotatable bonds is 4. The van der Waals surface area contributed by atoms with Gasteiger partial charge in [-0.15, -0.1) is 0 Å². The Balaban J connectivity index is 1.46. The topological polar surface area (TPSA) is 80.7 Å². The van der Waals surface area contributed by atoms with E-state index in [9.17, 15) is 14.4 Å². The van der Waals surface area contributed by atoms with Gasteiger partial charge >= 0.3 is 11.9 Å². The maximum atomic E-state index is 12.5. The van der Waals surface area contributed by atoms with Gasteiger partial charge < -0.3 is 9.84 Å². The van der Waals surface area contributed by atoms with Gasteiger partial charge in [0.2, 0.25) is 0 Å². The minimum atomic E-state index is -0.969. The van der Waals surface area contributed by atoms with E-state index in [0.29, 0.717) is 23.5 Å². The number of fused-ring (bicyclic) bond motifs is 5. The number of ether oxygens (including phenoxy) is 1. The summed E-state index contributed by atoms with van der Waals surface area (Å²) in [5.74, 6) is 0.869. The summed E-state index contributed by atoms with van der Waals surface area (Å²) in [4.78, 5) is 35.1. The van der Waals surface area contributed by atoms with Gasteiger partial charge in [0.15, 0.2) is 0 Å². The lowest BCUT2D eigenvalue weighted by Crippen LogP contribution is -2.50. The lowest BCUT2D eigenvalue weighted by molar-refractivity contribution is -0.154. The molecule has 0 heterocycles. The molecule has 4 aliphatic rings. The SMILES string of the molecule is CC12CCC3C(CC=C4CC(OC(=O)CCC(=O)O)CCC43C)C1CCC2=O. The number of hydrogen-bond donors (Lipinski definition) is 1. The molecular weight excluding hydrogens is 356 g/mol. The van der Waals surface area contributed by atoms with Crippen LogP contribution in [0, 0.1) is 28.6 Å². The predicted octanol–water partition coefficient (Wildman–Crippen LogP) is 4.29. The van der Waals surface area contributed by atoms with E-state index in [1.54, 1.807) is 0 Å². The summed E-state index contributed by atoms with van der Waals surface area (Å²) < 4.78 is 5.58. The van der Waals surface area contributed by atoms with E-state index in [2.05, 4.69) is 19.9 Å². The maximum absolute atomic E-state index is 12.5. The fraction of sp³-hybridized carbons (Fsp3) is 0.783. The van der Waals surface area contributed by atoms with Crippen LogP contribution in [-0.4, -0.2) is 28.9 Å². The van der Waals surface area contributed by atoms with Crippen LogP contribution in [-0.2, 0) is 19.1 Å². The van der Waals surface area contributed by atoms with E-state index in [0.717, 1.165) is 51.4 Å². The second kappa shape index (κ2) is 7.00. The Kier molecular flexibility index (Phi) is 4.91. The molecule has 28 heavy (non-hydrogen) atoms. The van der Waals surface area contributed by atoms with Gasteiger partial charge in [-0.2, -0.15) is 0 Å². The van der Waals surface area contributed by atoms with Gasteiger partial charge in [-0.1, -0.05) is 25.5 Å². The van der Waals surface area contributed by atoms with E-state index in [1.165, 1.54) is 5.57 Å². The molecule has 0 aromatic heterocycles. The number of carbonyl (C=O) groups is 3. The lowest BCUT2D eigenvalue weighted by Gasteiger charge is -2.56. The summed E-state index contributed by atoms with van der Waals surface area (Å²) in [6.45, 7) is 4.59. The molecule has 4 aliphatic carbocycles. The molecule has 154 valence electrons. The highest BCUT2D eigenvalue weighted by Gasteiger charge is 2.58. The summed E-state index contributed by atoms with van der Waals surface area (Å²) in [5, 5.41) is 8.73. The Bertz CT molecular complexity index is 725. The van der Waals surface area contributed by atoms with E-state index in [1.807, 2.05) is 0 Å². The Labute approximate surface area is 166 Å². The van der Waals surface area contributed by atoms with Crippen LogP contribution in [0.2, 0.25) is 0 Å². The number of carboxylic acid groups (broad SMARTS) is 1. The molecule has 6 unspecified atom stereocenters. The van der Waals surface area contributed by atoms with Gasteiger partial charge in [-0.3, -0.25) is 14.4 Å². The summed E-state index contributed by atoms with van der Waals surface area (Å²) in [6, 6.07) is 0. The first-order chi connectivity index (χ1) is 13.2. The molecule has 3 saturated carbocycles. The fourth-order valence-electron chi connectivity index (χ4n) is 6.95. The molecule has 4 rings (SSSR count). The number of ketones is 1. The average molecular weight is 389 g/mol. The third-order valence-electron chi connectivity index (χ3n) is 8.61. The van der Waals surface area contributed by atoms with Crippen molar-refractivity contribution in [2.24, 2.45) is 28.6 Å². The first-order valence-electron chi connectivity index (χ1n) is 10.9. The van der Waals surface area contributed by atoms with Crippen molar-refractivity contribution in [2.45, 2.75) is 84.2 Å². The van der Waals surface area contributed by atoms with Crippen LogP contribution >= 0.6 is 0 Å². The minimum absolute atomic E-state index is 0.0544. The largest absolute Gasteiger partial charge is 0.481 e. The molecular formula is C23H32O5. The van der Waals surface area contributed by atoms with Crippen molar-refractivity contribution in [3.05, 3.63) is 11.6 Å². The van der Waals surface area contributed by atoms with Crippen LogP contribution in [0.3, 0.4) is 0 Å². The van der Waals surface area contributed by atoms with E-state index < -0.39 is 11.9 Å². The van der Waals surface area contributed by atoms with Gasteiger partial charge in [0.05, 0.1) is 12.8 Å². The smallest absolute Gasteiger partial charge is 0.306 e. The zero-order valence-corrected chi connectivity index (χ0v) is 17.0. The molecule has 0 bridgehead atoms. The van der Waals surface area contributed by atoms with Crippen molar-refractivity contribution >= 4 is 17.7 Å². The average Bonchev–Trinajstić information content (AvgIpc) is 2.95. The summed E-state index contributed by atoms with van der Waals surface area (Å²) >= 11 is 0. The second-order valence-electron chi connectivity index (χ2n) is 9.93. The highest BCUT2D eigenvalue weighted by Crippen LogP contribution is 2.64. The normalized spacial score (nSPS) is 42.1. The summed E-state index contributed by atoms with van der Waals surface area (Å²) in [6.07, 6.45) is 9.66. The first kappa shape index (κ1) is 19.7. The molecule has 5 heteroatoms. The Hall–Kier alpha value is -1.65. The van der Waals surface area contributed by atoms with Crippen LogP contribution in [0.1, 0.15) is 78.1 Å². The van der Waals surface area contributed by atoms with Gasteiger partial charge in [-0.05, 0) is 61.7 Å². The molecule has 3 fully saturated rings. The number of esters is 1. The zero-order chi connectivity index (χ0) is 20.1. The highest BCUT2D eigenvalue weighted by atomic mass is 16.5. The van der Waals surface area contributed by atoms with Crippen LogP contribution in [0.4, 0.5) is 0 Å². The number of allylic oxidation sites excluding steroid dienone is 1. The van der Waals surface area contributed by atoms with Gasteiger partial charge in [0.1, 0.15) is 11.9 Å². The molecule has 5 nitrogen and oxygen atoms in total. The molecule has 6 atom stereocenters. The molecule has 0 saturated heterocycles. The lowest BCUT2D eigenvalue weighted by atomic mass is 9.48. The van der Waals surface area contributed by atoms with Crippen LogP contribution < -0.4 is 0 Å². The summed E-state index contributed by atoms with van der Waals surface area (Å²) in [5.41, 5.74) is 1.48.